The second kappa shape index (κ2) is 6.45. The summed E-state index contributed by atoms with van der Waals surface area (Å²) >= 11 is 2.55. The number of amides is 1. The lowest BCUT2D eigenvalue weighted by Gasteiger charge is -2.13. The molecule has 22 heavy (non-hydrogen) atoms. The molecule has 1 aliphatic heterocycles. The van der Waals surface area contributed by atoms with Gasteiger partial charge in [-0.05, 0) is 13.0 Å². The van der Waals surface area contributed by atoms with Crippen LogP contribution in [0.1, 0.15) is 21.5 Å². The average Bonchev–Trinajstić information content (AvgIpc) is 2.80. The summed E-state index contributed by atoms with van der Waals surface area (Å²) < 4.78 is 39.3. The van der Waals surface area contributed by atoms with Crippen molar-refractivity contribution >= 4 is 34.7 Å². The standard InChI is InChI=1S/C14H15F3N2OS2/c1-4-8(14(15,16)17)11(18-2)9-7-10-12(22-9)13(20)19(3)5-6-21-10/h4,7H,5-6H2,1-3H3/b8-4+,18-11?. The third-order valence-corrected chi connectivity index (χ3v) is 5.51. The van der Waals surface area contributed by atoms with Gasteiger partial charge in [0.1, 0.15) is 4.88 Å². The molecule has 0 saturated heterocycles. The number of thioether (sulfide) groups is 1. The van der Waals surface area contributed by atoms with Crippen molar-refractivity contribution in [1.29, 1.82) is 0 Å². The van der Waals surface area contributed by atoms with E-state index in [0.717, 1.165) is 28.1 Å². The van der Waals surface area contributed by atoms with Gasteiger partial charge in [0, 0.05) is 31.3 Å². The zero-order chi connectivity index (χ0) is 16.5. The van der Waals surface area contributed by atoms with E-state index in [1.807, 2.05) is 0 Å². The van der Waals surface area contributed by atoms with E-state index in [9.17, 15) is 18.0 Å². The molecule has 120 valence electrons. The highest BCUT2D eigenvalue weighted by molar-refractivity contribution is 7.99. The molecule has 1 amide bonds. The SMILES string of the molecule is C/C=C(\C(=NC)c1cc2c(s1)C(=O)N(C)CCS2)C(F)(F)F. The van der Waals surface area contributed by atoms with Gasteiger partial charge in [-0.25, -0.2) is 0 Å². The van der Waals surface area contributed by atoms with Crippen molar-refractivity contribution in [3.63, 3.8) is 0 Å². The molecule has 0 radical (unpaired) electrons. The van der Waals surface area contributed by atoms with Crippen molar-refractivity contribution in [3.8, 4) is 0 Å². The van der Waals surface area contributed by atoms with Gasteiger partial charge in [0.15, 0.2) is 0 Å². The Labute approximate surface area is 134 Å². The van der Waals surface area contributed by atoms with Crippen molar-refractivity contribution in [3.05, 3.63) is 27.5 Å². The Hall–Kier alpha value is -1.28. The van der Waals surface area contributed by atoms with Crippen LogP contribution in [0.4, 0.5) is 13.2 Å². The second-order valence-corrected chi connectivity index (χ2v) is 6.84. The van der Waals surface area contributed by atoms with Crippen LogP contribution in [0.25, 0.3) is 0 Å². The topological polar surface area (TPSA) is 32.7 Å². The van der Waals surface area contributed by atoms with Gasteiger partial charge in [-0.1, -0.05) is 6.08 Å². The number of fused-ring (bicyclic) bond motifs is 1. The van der Waals surface area contributed by atoms with Crippen LogP contribution < -0.4 is 0 Å². The summed E-state index contributed by atoms with van der Waals surface area (Å²) in [4.78, 5) is 19.2. The molecule has 0 fully saturated rings. The maximum atomic E-state index is 13.1. The van der Waals surface area contributed by atoms with Crippen LogP contribution >= 0.6 is 23.1 Å². The smallest absolute Gasteiger partial charge is 0.340 e. The van der Waals surface area contributed by atoms with Gasteiger partial charge in [-0.15, -0.1) is 23.1 Å². The minimum Gasteiger partial charge on any atom is -0.340 e. The normalized spacial score (nSPS) is 17.5. The van der Waals surface area contributed by atoms with E-state index in [0.29, 0.717) is 16.3 Å². The summed E-state index contributed by atoms with van der Waals surface area (Å²) in [6.45, 7) is 1.96. The largest absolute Gasteiger partial charge is 0.418 e. The van der Waals surface area contributed by atoms with Crippen LogP contribution in [-0.4, -0.2) is 49.1 Å². The van der Waals surface area contributed by atoms with Crippen LogP contribution in [0.15, 0.2) is 27.6 Å². The first-order valence-electron chi connectivity index (χ1n) is 6.52. The predicted octanol–water partition coefficient (Wildman–Crippen LogP) is 3.85. The molecule has 0 aromatic carbocycles. The first-order valence-corrected chi connectivity index (χ1v) is 8.33. The van der Waals surface area contributed by atoms with Crippen molar-refractivity contribution in [2.45, 2.75) is 18.0 Å². The lowest BCUT2D eigenvalue weighted by atomic mass is 10.1. The molecule has 8 heteroatoms. The monoisotopic (exact) mass is 348 g/mol. The van der Waals surface area contributed by atoms with Crippen molar-refractivity contribution in [2.24, 2.45) is 4.99 Å². The highest BCUT2D eigenvalue weighted by Crippen LogP contribution is 2.37. The Morgan fingerprint density at radius 2 is 2.14 bits per heavy atom. The Morgan fingerprint density at radius 3 is 2.68 bits per heavy atom. The van der Waals surface area contributed by atoms with Gasteiger partial charge in [-0.2, -0.15) is 13.2 Å². The predicted molar refractivity (Wildman–Crippen MR) is 84.3 cm³/mol. The van der Waals surface area contributed by atoms with E-state index in [-0.39, 0.29) is 11.6 Å². The number of allylic oxidation sites excluding steroid dienone is 2. The molecule has 3 nitrogen and oxygen atoms in total. The highest BCUT2D eigenvalue weighted by Gasteiger charge is 2.37. The number of thiophene rings is 1. The van der Waals surface area contributed by atoms with E-state index in [2.05, 4.69) is 4.99 Å². The van der Waals surface area contributed by atoms with Crippen LogP contribution in [0.2, 0.25) is 0 Å². The molecule has 1 aromatic rings. The molecule has 0 N–H and O–H groups in total. The first kappa shape index (κ1) is 17.1. The maximum Gasteiger partial charge on any atom is 0.418 e. The summed E-state index contributed by atoms with van der Waals surface area (Å²) in [6.07, 6.45) is -3.47. The molecule has 2 heterocycles. The molecule has 0 bridgehead atoms. The number of nitrogens with zero attached hydrogens (tertiary/aromatic N) is 2. The Kier molecular flexibility index (Phi) is 5.01. The van der Waals surface area contributed by atoms with Gasteiger partial charge in [0.05, 0.1) is 16.2 Å². The number of aliphatic imine (C=N–C) groups is 1. The molecular formula is C14H15F3N2OS2. The molecule has 0 atom stereocenters. The third-order valence-electron chi connectivity index (χ3n) is 3.23. The lowest BCUT2D eigenvalue weighted by molar-refractivity contribution is -0.0861. The molecule has 1 aliphatic rings. The van der Waals surface area contributed by atoms with Crippen molar-refractivity contribution in [1.82, 2.24) is 4.90 Å². The van der Waals surface area contributed by atoms with E-state index >= 15 is 0 Å². The molecule has 2 rings (SSSR count). The lowest BCUT2D eigenvalue weighted by Crippen LogP contribution is -2.26. The Balaban J connectivity index is 2.48. The molecule has 0 unspecified atom stereocenters. The van der Waals surface area contributed by atoms with Crippen LogP contribution in [0.3, 0.4) is 0 Å². The molecular weight excluding hydrogens is 333 g/mol. The van der Waals surface area contributed by atoms with E-state index < -0.39 is 11.7 Å². The summed E-state index contributed by atoms with van der Waals surface area (Å²) in [6, 6.07) is 1.64. The Morgan fingerprint density at radius 1 is 1.45 bits per heavy atom. The van der Waals surface area contributed by atoms with E-state index in [1.165, 1.54) is 25.7 Å². The number of hydrogen-bond acceptors (Lipinski definition) is 4. The molecule has 0 spiro atoms. The quantitative estimate of drug-likeness (QED) is 0.761. The summed E-state index contributed by atoms with van der Waals surface area (Å²) in [7, 11) is 3.02. The van der Waals surface area contributed by atoms with Gasteiger partial charge >= 0.3 is 6.18 Å². The number of carbonyl (C=O) groups excluding carboxylic acids is 1. The maximum absolute atomic E-state index is 13.1. The third kappa shape index (κ3) is 3.22. The van der Waals surface area contributed by atoms with Crippen molar-refractivity contribution in [2.75, 3.05) is 26.4 Å². The minimum atomic E-state index is -4.47. The van der Waals surface area contributed by atoms with Crippen LogP contribution in [0.5, 0.6) is 0 Å². The van der Waals surface area contributed by atoms with Crippen molar-refractivity contribution < 1.29 is 18.0 Å². The van der Waals surface area contributed by atoms with E-state index in [1.54, 1.807) is 18.0 Å². The molecule has 0 saturated carbocycles. The fraction of sp³-hybridized carbons (Fsp3) is 0.429. The summed E-state index contributed by atoms with van der Waals surface area (Å²) in [5.41, 5.74) is -0.902. The Bertz CT molecular complexity index is 647. The number of carbonyl (C=O) groups is 1. The summed E-state index contributed by atoms with van der Waals surface area (Å²) in [5.74, 6) is 0.570. The minimum absolute atomic E-state index is 0.121. The first-order chi connectivity index (χ1) is 10.3. The van der Waals surface area contributed by atoms with Gasteiger partial charge < -0.3 is 4.90 Å². The van der Waals surface area contributed by atoms with E-state index in [4.69, 9.17) is 0 Å². The zero-order valence-corrected chi connectivity index (χ0v) is 14.0. The van der Waals surface area contributed by atoms with Gasteiger partial charge in [-0.3, -0.25) is 9.79 Å². The average molecular weight is 348 g/mol. The number of rotatable bonds is 2. The number of hydrogen-bond donors (Lipinski definition) is 0. The van der Waals surface area contributed by atoms with Crippen LogP contribution in [-0.2, 0) is 0 Å². The second-order valence-electron chi connectivity index (χ2n) is 4.65. The number of halogens is 3. The fourth-order valence-electron chi connectivity index (χ4n) is 2.11. The zero-order valence-electron chi connectivity index (χ0n) is 12.3. The van der Waals surface area contributed by atoms with Gasteiger partial charge in [0.2, 0.25) is 0 Å². The van der Waals surface area contributed by atoms with Crippen LogP contribution in [0, 0.1) is 0 Å². The molecule has 0 aliphatic carbocycles. The van der Waals surface area contributed by atoms with Gasteiger partial charge in [0.25, 0.3) is 5.91 Å². The summed E-state index contributed by atoms with van der Waals surface area (Å²) in [5, 5.41) is 0. The molecule has 1 aromatic heterocycles. The highest BCUT2D eigenvalue weighted by atomic mass is 32.2. The fourth-order valence-corrected chi connectivity index (χ4v) is 4.59. The number of alkyl halides is 3.